The molecule has 0 unspecified atom stereocenters. The summed E-state index contributed by atoms with van der Waals surface area (Å²) in [5, 5.41) is 3.87. The molecule has 1 N–H and O–H groups in total. The third-order valence-electron chi connectivity index (χ3n) is 4.30. The number of hydrogen-bond acceptors (Lipinski definition) is 5. The van der Waals surface area contributed by atoms with Crippen LogP contribution in [0.25, 0.3) is 10.6 Å². The van der Waals surface area contributed by atoms with E-state index in [-0.39, 0.29) is 5.91 Å². The van der Waals surface area contributed by atoms with E-state index in [9.17, 15) is 4.79 Å². The van der Waals surface area contributed by atoms with Gasteiger partial charge in [-0.2, -0.15) is 0 Å². The minimum absolute atomic E-state index is 0.0455. The van der Waals surface area contributed by atoms with Gasteiger partial charge in [-0.1, -0.05) is 12.1 Å². The summed E-state index contributed by atoms with van der Waals surface area (Å²) in [7, 11) is 0. The number of aromatic nitrogens is 1. The van der Waals surface area contributed by atoms with E-state index in [0.29, 0.717) is 11.4 Å². The highest BCUT2D eigenvalue weighted by Gasteiger charge is 2.13. The molecule has 0 bridgehead atoms. The Morgan fingerprint density at radius 2 is 2.08 bits per heavy atom. The first kappa shape index (κ1) is 17.1. The second kappa shape index (κ2) is 7.88. The van der Waals surface area contributed by atoms with Crippen molar-refractivity contribution in [1.82, 2.24) is 15.2 Å². The average molecular weight is 345 g/mol. The molecule has 3 rings (SSSR count). The van der Waals surface area contributed by atoms with Crippen LogP contribution in [0.5, 0.6) is 0 Å². The summed E-state index contributed by atoms with van der Waals surface area (Å²) >= 11 is 1.44. The summed E-state index contributed by atoms with van der Waals surface area (Å²) in [5.74, 6) is -0.0455. The van der Waals surface area contributed by atoms with Gasteiger partial charge in [0.25, 0.3) is 5.91 Å². The minimum Gasteiger partial charge on any atom is -0.379 e. The van der Waals surface area contributed by atoms with Gasteiger partial charge < -0.3 is 10.1 Å². The molecule has 1 amide bonds. The van der Waals surface area contributed by atoms with Crippen molar-refractivity contribution in [3.05, 3.63) is 40.4 Å². The van der Waals surface area contributed by atoms with Crippen LogP contribution in [-0.2, 0) is 4.74 Å². The van der Waals surface area contributed by atoms with Gasteiger partial charge in [0.1, 0.15) is 9.88 Å². The standard InChI is InChI=1S/C18H23N3O2S/c1-13-3-4-15(11-14(13)2)18-20-12-16(24-18)17(22)19-5-6-21-7-9-23-10-8-21/h3-4,11-12H,5-10H2,1-2H3,(H,19,22). The molecule has 2 aromatic rings. The number of morpholine rings is 1. The van der Waals surface area contributed by atoms with E-state index in [4.69, 9.17) is 4.74 Å². The van der Waals surface area contributed by atoms with Crippen molar-refractivity contribution in [1.29, 1.82) is 0 Å². The lowest BCUT2D eigenvalue weighted by atomic mass is 10.1. The van der Waals surface area contributed by atoms with Crippen LogP contribution in [0.15, 0.2) is 24.4 Å². The van der Waals surface area contributed by atoms with Crippen molar-refractivity contribution in [2.45, 2.75) is 13.8 Å². The predicted molar refractivity (Wildman–Crippen MR) is 96.6 cm³/mol. The van der Waals surface area contributed by atoms with Crippen LogP contribution >= 0.6 is 11.3 Å². The molecule has 1 fully saturated rings. The van der Waals surface area contributed by atoms with Crippen LogP contribution in [0.2, 0.25) is 0 Å². The minimum atomic E-state index is -0.0455. The van der Waals surface area contributed by atoms with E-state index >= 15 is 0 Å². The molecule has 6 heteroatoms. The van der Waals surface area contributed by atoms with Crippen LogP contribution < -0.4 is 5.32 Å². The summed E-state index contributed by atoms with van der Waals surface area (Å²) in [4.78, 5) is 19.6. The first-order valence-corrected chi connectivity index (χ1v) is 9.07. The van der Waals surface area contributed by atoms with Gasteiger partial charge in [0, 0.05) is 31.7 Å². The number of carbonyl (C=O) groups excluding carboxylic acids is 1. The van der Waals surface area contributed by atoms with E-state index in [1.54, 1.807) is 6.20 Å². The van der Waals surface area contributed by atoms with Gasteiger partial charge in [-0.15, -0.1) is 11.3 Å². The molecule has 1 aliphatic heterocycles. The number of rotatable bonds is 5. The predicted octanol–water partition coefficient (Wildman–Crippen LogP) is 2.49. The quantitative estimate of drug-likeness (QED) is 0.905. The van der Waals surface area contributed by atoms with Gasteiger partial charge in [0.15, 0.2) is 0 Å². The molecule has 0 atom stereocenters. The van der Waals surface area contributed by atoms with Crippen molar-refractivity contribution in [3.8, 4) is 10.6 Å². The lowest BCUT2D eigenvalue weighted by molar-refractivity contribution is 0.0383. The van der Waals surface area contributed by atoms with Crippen LogP contribution in [0.1, 0.15) is 20.8 Å². The summed E-state index contributed by atoms with van der Waals surface area (Å²) in [6.07, 6.45) is 1.67. The number of nitrogens with zero attached hydrogens (tertiary/aromatic N) is 2. The maximum Gasteiger partial charge on any atom is 0.263 e. The fourth-order valence-electron chi connectivity index (χ4n) is 2.63. The second-order valence-electron chi connectivity index (χ2n) is 6.04. The van der Waals surface area contributed by atoms with Crippen LogP contribution in [0.3, 0.4) is 0 Å². The molecule has 5 nitrogen and oxygen atoms in total. The van der Waals surface area contributed by atoms with E-state index in [1.807, 2.05) is 0 Å². The Morgan fingerprint density at radius 3 is 2.83 bits per heavy atom. The molecule has 1 aliphatic rings. The Bertz CT molecular complexity index is 708. The van der Waals surface area contributed by atoms with Gasteiger partial charge in [0.2, 0.25) is 0 Å². The summed E-state index contributed by atoms with van der Waals surface area (Å²) in [6, 6.07) is 6.27. The summed E-state index contributed by atoms with van der Waals surface area (Å²) in [6.45, 7) is 9.12. The molecule has 128 valence electrons. The molecule has 24 heavy (non-hydrogen) atoms. The Balaban J connectivity index is 1.56. The second-order valence-corrected chi connectivity index (χ2v) is 7.07. The Hall–Kier alpha value is -1.76. The number of nitrogens with one attached hydrogen (secondary N) is 1. The lowest BCUT2D eigenvalue weighted by Gasteiger charge is -2.26. The number of carbonyl (C=O) groups is 1. The topological polar surface area (TPSA) is 54.5 Å². The molecule has 0 radical (unpaired) electrons. The maximum atomic E-state index is 12.3. The van der Waals surface area contributed by atoms with Crippen LogP contribution in [0.4, 0.5) is 0 Å². The number of thiazole rings is 1. The van der Waals surface area contributed by atoms with Crippen molar-refractivity contribution >= 4 is 17.2 Å². The summed E-state index contributed by atoms with van der Waals surface area (Å²) < 4.78 is 5.32. The van der Waals surface area contributed by atoms with Crippen LogP contribution in [-0.4, -0.2) is 55.2 Å². The number of ether oxygens (including phenoxy) is 1. The highest BCUT2D eigenvalue weighted by molar-refractivity contribution is 7.16. The molecule has 2 heterocycles. The maximum absolute atomic E-state index is 12.3. The average Bonchev–Trinajstić information content (AvgIpc) is 3.08. The van der Waals surface area contributed by atoms with E-state index < -0.39 is 0 Å². The van der Waals surface area contributed by atoms with Crippen LogP contribution in [0, 0.1) is 13.8 Å². The first-order valence-electron chi connectivity index (χ1n) is 8.25. The van der Waals surface area contributed by atoms with E-state index in [2.05, 4.69) is 47.2 Å². The van der Waals surface area contributed by atoms with Gasteiger partial charge in [-0.25, -0.2) is 4.98 Å². The number of aryl methyl sites for hydroxylation is 2. The number of hydrogen-bond donors (Lipinski definition) is 1. The molecule has 1 aromatic heterocycles. The Morgan fingerprint density at radius 1 is 1.29 bits per heavy atom. The summed E-state index contributed by atoms with van der Waals surface area (Å²) in [5.41, 5.74) is 3.56. The first-order chi connectivity index (χ1) is 11.6. The Labute approximate surface area is 146 Å². The van der Waals surface area contributed by atoms with Crippen molar-refractivity contribution < 1.29 is 9.53 Å². The number of amides is 1. The van der Waals surface area contributed by atoms with Gasteiger partial charge in [-0.05, 0) is 31.0 Å². The Kier molecular flexibility index (Phi) is 5.60. The van der Waals surface area contributed by atoms with Gasteiger partial charge in [0.05, 0.1) is 19.4 Å². The van der Waals surface area contributed by atoms with Crippen molar-refractivity contribution in [2.24, 2.45) is 0 Å². The molecule has 0 spiro atoms. The SMILES string of the molecule is Cc1ccc(-c2ncc(C(=O)NCCN3CCOCC3)s2)cc1C. The highest BCUT2D eigenvalue weighted by Crippen LogP contribution is 2.26. The third kappa shape index (κ3) is 4.20. The normalized spacial score (nSPS) is 15.4. The largest absolute Gasteiger partial charge is 0.379 e. The molecule has 1 saturated heterocycles. The monoisotopic (exact) mass is 345 g/mol. The molecular formula is C18H23N3O2S. The zero-order valence-corrected chi connectivity index (χ0v) is 15.0. The van der Waals surface area contributed by atoms with Crippen molar-refractivity contribution in [3.63, 3.8) is 0 Å². The fraction of sp³-hybridized carbons (Fsp3) is 0.444. The molecule has 0 aliphatic carbocycles. The lowest BCUT2D eigenvalue weighted by Crippen LogP contribution is -2.41. The number of benzene rings is 1. The zero-order valence-electron chi connectivity index (χ0n) is 14.2. The van der Waals surface area contributed by atoms with E-state index in [0.717, 1.165) is 43.4 Å². The van der Waals surface area contributed by atoms with Gasteiger partial charge >= 0.3 is 0 Å². The molecular weight excluding hydrogens is 322 g/mol. The van der Waals surface area contributed by atoms with E-state index in [1.165, 1.54) is 22.5 Å². The molecule has 1 aromatic carbocycles. The smallest absolute Gasteiger partial charge is 0.263 e. The van der Waals surface area contributed by atoms with Crippen molar-refractivity contribution in [2.75, 3.05) is 39.4 Å². The molecule has 0 saturated carbocycles. The van der Waals surface area contributed by atoms with Gasteiger partial charge in [-0.3, -0.25) is 9.69 Å². The highest BCUT2D eigenvalue weighted by atomic mass is 32.1. The fourth-order valence-corrected chi connectivity index (χ4v) is 3.46. The third-order valence-corrected chi connectivity index (χ3v) is 5.35. The zero-order chi connectivity index (χ0) is 16.9.